The molecule has 0 spiro atoms. The molecule has 0 radical (unpaired) electrons. The van der Waals surface area contributed by atoms with Crippen molar-refractivity contribution in [2.75, 3.05) is 12.8 Å². The largest absolute Gasteiger partial charge is 0.495 e. The number of halogens is 1. The molecule has 0 fully saturated rings. The zero-order valence-corrected chi connectivity index (χ0v) is 11.6. The van der Waals surface area contributed by atoms with Crippen molar-refractivity contribution in [3.05, 3.63) is 27.9 Å². The van der Waals surface area contributed by atoms with Gasteiger partial charge in [-0.3, -0.25) is 5.10 Å². The molecule has 2 aromatic rings. The van der Waals surface area contributed by atoms with Gasteiger partial charge in [-0.2, -0.15) is 5.10 Å². The third kappa shape index (κ3) is 1.91. The molecule has 4 nitrogen and oxygen atoms in total. The van der Waals surface area contributed by atoms with E-state index in [4.69, 9.17) is 10.5 Å². The molecule has 5 heteroatoms. The number of nitrogens with two attached hydrogens (primary N) is 1. The van der Waals surface area contributed by atoms with Gasteiger partial charge in [0, 0.05) is 11.1 Å². The summed E-state index contributed by atoms with van der Waals surface area (Å²) in [5, 5.41) is 6.69. The molecular formula is C12H14BrN3O. The van der Waals surface area contributed by atoms with Crippen LogP contribution in [0.5, 0.6) is 5.75 Å². The maximum Gasteiger partial charge on any atom is 0.141 e. The van der Waals surface area contributed by atoms with Crippen LogP contribution in [0.1, 0.15) is 11.1 Å². The highest BCUT2D eigenvalue weighted by molar-refractivity contribution is 9.10. The quantitative estimate of drug-likeness (QED) is 0.895. The molecule has 0 aliphatic rings. The first-order valence-corrected chi connectivity index (χ1v) is 5.98. The monoisotopic (exact) mass is 295 g/mol. The van der Waals surface area contributed by atoms with Gasteiger partial charge in [0.1, 0.15) is 11.6 Å². The van der Waals surface area contributed by atoms with Crippen LogP contribution in [0.3, 0.4) is 0 Å². The minimum Gasteiger partial charge on any atom is -0.495 e. The Kier molecular flexibility index (Phi) is 3.11. The van der Waals surface area contributed by atoms with Crippen molar-refractivity contribution in [3.63, 3.8) is 0 Å². The molecule has 0 aliphatic heterocycles. The summed E-state index contributed by atoms with van der Waals surface area (Å²) in [5.74, 6) is 1.32. The number of hydrogen-bond acceptors (Lipinski definition) is 3. The molecule has 0 aliphatic carbocycles. The van der Waals surface area contributed by atoms with Crippen molar-refractivity contribution in [2.45, 2.75) is 13.8 Å². The van der Waals surface area contributed by atoms with E-state index in [1.807, 2.05) is 13.0 Å². The molecule has 0 saturated heterocycles. The minimum absolute atomic E-state index is 0.545. The number of rotatable bonds is 2. The molecule has 0 atom stereocenters. The first kappa shape index (κ1) is 12.0. The third-order valence-electron chi connectivity index (χ3n) is 2.90. The average Bonchev–Trinajstić information content (AvgIpc) is 2.69. The van der Waals surface area contributed by atoms with Gasteiger partial charge in [0.25, 0.3) is 0 Å². The Morgan fingerprint density at radius 3 is 2.65 bits per heavy atom. The maximum absolute atomic E-state index is 5.88. The number of H-pyrrole nitrogens is 1. The lowest BCUT2D eigenvalue weighted by atomic mass is 9.97. The van der Waals surface area contributed by atoms with Crippen molar-refractivity contribution in [1.82, 2.24) is 10.2 Å². The summed E-state index contributed by atoms with van der Waals surface area (Å²) in [5.41, 5.74) is 10.0. The van der Waals surface area contributed by atoms with Gasteiger partial charge in [0.2, 0.25) is 0 Å². The van der Waals surface area contributed by atoms with Crippen LogP contribution in [-0.2, 0) is 0 Å². The van der Waals surface area contributed by atoms with Crippen LogP contribution in [0.4, 0.5) is 5.82 Å². The number of hydrogen-bond donors (Lipinski definition) is 2. The average molecular weight is 296 g/mol. The molecule has 0 amide bonds. The fraction of sp³-hybridized carbons (Fsp3) is 0.250. The van der Waals surface area contributed by atoms with Gasteiger partial charge < -0.3 is 10.5 Å². The van der Waals surface area contributed by atoms with Gasteiger partial charge in [-0.05, 0) is 47.0 Å². The van der Waals surface area contributed by atoms with Crippen LogP contribution in [0.25, 0.3) is 11.1 Å². The zero-order chi connectivity index (χ0) is 12.6. The number of ether oxygens (including phenoxy) is 1. The number of aromatic amines is 1. The first-order chi connectivity index (χ1) is 8.06. The minimum atomic E-state index is 0.545. The lowest BCUT2D eigenvalue weighted by molar-refractivity contribution is 0.413. The molecule has 2 rings (SSSR count). The van der Waals surface area contributed by atoms with E-state index in [-0.39, 0.29) is 0 Å². The summed E-state index contributed by atoms with van der Waals surface area (Å²) in [6.45, 7) is 4.10. The molecule has 1 aromatic carbocycles. The zero-order valence-electron chi connectivity index (χ0n) is 9.97. The van der Waals surface area contributed by atoms with E-state index in [0.29, 0.717) is 5.82 Å². The molecular weight excluding hydrogens is 282 g/mol. The number of nitrogens with one attached hydrogen (secondary N) is 1. The number of aromatic nitrogens is 2. The summed E-state index contributed by atoms with van der Waals surface area (Å²) in [4.78, 5) is 0. The second-order valence-electron chi connectivity index (χ2n) is 3.91. The lowest BCUT2D eigenvalue weighted by Crippen LogP contribution is -1.97. The van der Waals surface area contributed by atoms with E-state index in [0.717, 1.165) is 26.9 Å². The standard InChI is InChI=1S/C12H14BrN3O/c1-6-4-9(13)11(17-3)10(7(6)2)8-5-15-16-12(8)14/h4-5H,1-3H3,(H3,14,15,16). The maximum atomic E-state index is 5.88. The van der Waals surface area contributed by atoms with E-state index in [9.17, 15) is 0 Å². The molecule has 0 saturated carbocycles. The summed E-state index contributed by atoms with van der Waals surface area (Å²) in [6.07, 6.45) is 1.71. The molecule has 0 bridgehead atoms. The number of benzene rings is 1. The van der Waals surface area contributed by atoms with Gasteiger partial charge in [-0.15, -0.1) is 0 Å². The van der Waals surface area contributed by atoms with Crippen LogP contribution in [0.15, 0.2) is 16.7 Å². The predicted octanol–water partition coefficient (Wildman–Crippen LogP) is 3.05. The Bertz CT molecular complexity index is 563. The fourth-order valence-corrected chi connectivity index (χ4v) is 2.57. The molecule has 3 N–H and O–H groups in total. The highest BCUT2D eigenvalue weighted by Crippen LogP contribution is 2.41. The number of methoxy groups -OCH3 is 1. The summed E-state index contributed by atoms with van der Waals surface area (Å²) >= 11 is 3.51. The van der Waals surface area contributed by atoms with Crippen LogP contribution in [-0.4, -0.2) is 17.3 Å². The van der Waals surface area contributed by atoms with E-state index >= 15 is 0 Å². The Morgan fingerprint density at radius 1 is 1.41 bits per heavy atom. The normalized spacial score (nSPS) is 10.6. The van der Waals surface area contributed by atoms with Crippen molar-refractivity contribution < 1.29 is 4.74 Å². The Morgan fingerprint density at radius 2 is 2.12 bits per heavy atom. The van der Waals surface area contributed by atoms with Gasteiger partial charge in [-0.25, -0.2) is 0 Å². The smallest absolute Gasteiger partial charge is 0.141 e. The van der Waals surface area contributed by atoms with Crippen LogP contribution in [0, 0.1) is 13.8 Å². The van der Waals surface area contributed by atoms with E-state index in [1.54, 1.807) is 13.3 Å². The summed E-state index contributed by atoms with van der Waals surface area (Å²) in [6, 6.07) is 2.04. The van der Waals surface area contributed by atoms with Crippen molar-refractivity contribution in [1.29, 1.82) is 0 Å². The molecule has 1 heterocycles. The number of nitrogen functional groups attached to an aromatic ring is 1. The highest BCUT2D eigenvalue weighted by Gasteiger charge is 2.17. The first-order valence-electron chi connectivity index (χ1n) is 5.19. The van der Waals surface area contributed by atoms with Crippen LogP contribution in [0.2, 0.25) is 0 Å². The van der Waals surface area contributed by atoms with Crippen molar-refractivity contribution >= 4 is 21.7 Å². The van der Waals surface area contributed by atoms with Crippen molar-refractivity contribution in [2.24, 2.45) is 0 Å². The highest BCUT2D eigenvalue weighted by atomic mass is 79.9. The van der Waals surface area contributed by atoms with E-state index in [1.165, 1.54) is 5.56 Å². The Balaban J connectivity index is 2.80. The summed E-state index contributed by atoms with van der Waals surface area (Å²) < 4.78 is 6.36. The predicted molar refractivity (Wildman–Crippen MR) is 72.2 cm³/mol. The molecule has 0 unspecified atom stereocenters. The lowest BCUT2D eigenvalue weighted by Gasteiger charge is -2.15. The van der Waals surface area contributed by atoms with Crippen molar-refractivity contribution in [3.8, 4) is 16.9 Å². The number of anilines is 1. The molecule has 1 aromatic heterocycles. The number of aryl methyl sites for hydroxylation is 1. The van der Waals surface area contributed by atoms with Gasteiger partial charge in [0.15, 0.2) is 0 Å². The van der Waals surface area contributed by atoms with Gasteiger partial charge in [0.05, 0.1) is 17.8 Å². The fourth-order valence-electron chi connectivity index (χ4n) is 1.87. The molecule has 90 valence electrons. The second kappa shape index (κ2) is 4.41. The Hall–Kier alpha value is -1.49. The summed E-state index contributed by atoms with van der Waals surface area (Å²) in [7, 11) is 1.65. The van der Waals surface area contributed by atoms with E-state index in [2.05, 4.69) is 33.1 Å². The second-order valence-corrected chi connectivity index (χ2v) is 4.76. The third-order valence-corrected chi connectivity index (χ3v) is 3.49. The van der Waals surface area contributed by atoms with E-state index < -0.39 is 0 Å². The number of nitrogens with zero attached hydrogens (tertiary/aromatic N) is 1. The topological polar surface area (TPSA) is 63.9 Å². The molecule has 17 heavy (non-hydrogen) atoms. The van der Waals surface area contributed by atoms with Crippen LogP contribution < -0.4 is 10.5 Å². The SMILES string of the molecule is COc1c(Br)cc(C)c(C)c1-c1cn[nH]c1N. The van der Waals surface area contributed by atoms with Gasteiger partial charge in [-0.1, -0.05) is 0 Å². The Labute approximate surface area is 108 Å². The van der Waals surface area contributed by atoms with Crippen LogP contribution >= 0.6 is 15.9 Å². The van der Waals surface area contributed by atoms with Gasteiger partial charge >= 0.3 is 0 Å².